The number of carbonyl (C=O) groups excluding carboxylic acids is 1. The second-order valence-corrected chi connectivity index (χ2v) is 7.05. The second-order valence-electron chi connectivity index (χ2n) is 6.10. The lowest BCUT2D eigenvalue weighted by Gasteiger charge is -2.36. The Morgan fingerprint density at radius 2 is 2.12 bits per heavy atom. The van der Waals surface area contributed by atoms with Crippen molar-refractivity contribution in [1.82, 2.24) is 19.9 Å². The van der Waals surface area contributed by atoms with Crippen molar-refractivity contribution in [1.29, 1.82) is 0 Å². The van der Waals surface area contributed by atoms with Gasteiger partial charge in [0.1, 0.15) is 0 Å². The van der Waals surface area contributed by atoms with E-state index in [9.17, 15) is 4.79 Å². The van der Waals surface area contributed by atoms with Gasteiger partial charge in [-0.15, -0.1) is 11.3 Å². The molecule has 1 atom stereocenters. The number of rotatable bonds is 2. The topological polar surface area (TPSA) is 71.7 Å². The molecule has 0 bridgehead atoms. The molecule has 0 spiro atoms. The summed E-state index contributed by atoms with van der Waals surface area (Å²) < 4.78 is 10.8. The molecule has 24 heavy (non-hydrogen) atoms. The minimum Gasteiger partial charge on any atom is -0.378 e. The summed E-state index contributed by atoms with van der Waals surface area (Å²) >= 11 is 1.59. The Morgan fingerprint density at radius 3 is 2.92 bits per heavy atom. The molecule has 2 aliphatic heterocycles. The van der Waals surface area contributed by atoms with E-state index < -0.39 is 0 Å². The number of hydrogen-bond acceptors (Lipinski definition) is 6. The first kappa shape index (κ1) is 15.6. The number of carbonyl (C=O) groups is 1. The molecule has 0 aromatic carbocycles. The second kappa shape index (κ2) is 6.90. The fraction of sp³-hybridized carbons (Fsp3) is 0.562. The van der Waals surface area contributed by atoms with Gasteiger partial charge in [-0.05, 0) is 24.3 Å². The van der Waals surface area contributed by atoms with Crippen LogP contribution in [0.1, 0.15) is 24.7 Å². The molecule has 2 aromatic heterocycles. The van der Waals surface area contributed by atoms with E-state index in [1.807, 2.05) is 27.3 Å². The zero-order valence-corrected chi connectivity index (χ0v) is 14.2. The van der Waals surface area contributed by atoms with E-state index in [1.165, 1.54) is 0 Å². The van der Waals surface area contributed by atoms with Gasteiger partial charge in [0, 0.05) is 26.2 Å². The maximum atomic E-state index is 12.7. The van der Waals surface area contributed by atoms with Crippen LogP contribution in [0.5, 0.6) is 0 Å². The Bertz CT molecular complexity index is 681. The normalized spacial score (nSPS) is 21.9. The van der Waals surface area contributed by atoms with Gasteiger partial charge in [0.2, 0.25) is 11.7 Å². The van der Waals surface area contributed by atoms with Crippen LogP contribution in [0.4, 0.5) is 4.79 Å². The summed E-state index contributed by atoms with van der Waals surface area (Å²) in [5, 5.41) is 6.08. The van der Waals surface area contributed by atoms with Gasteiger partial charge >= 0.3 is 6.03 Å². The molecule has 4 rings (SSSR count). The average molecular weight is 348 g/mol. The van der Waals surface area contributed by atoms with E-state index in [0.29, 0.717) is 44.6 Å². The maximum Gasteiger partial charge on any atom is 0.320 e. The summed E-state index contributed by atoms with van der Waals surface area (Å²) in [6.45, 7) is 4.01. The molecule has 2 aromatic rings. The summed E-state index contributed by atoms with van der Waals surface area (Å²) in [7, 11) is 0. The zero-order valence-electron chi connectivity index (χ0n) is 13.4. The highest BCUT2D eigenvalue weighted by molar-refractivity contribution is 7.13. The van der Waals surface area contributed by atoms with Crippen molar-refractivity contribution in [3.05, 3.63) is 23.4 Å². The van der Waals surface area contributed by atoms with Crippen LogP contribution in [0, 0.1) is 0 Å². The van der Waals surface area contributed by atoms with Gasteiger partial charge in [-0.1, -0.05) is 11.2 Å². The number of morpholine rings is 1. The first-order valence-electron chi connectivity index (χ1n) is 8.30. The van der Waals surface area contributed by atoms with Crippen molar-refractivity contribution in [2.45, 2.75) is 18.8 Å². The van der Waals surface area contributed by atoms with E-state index in [2.05, 4.69) is 10.1 Å². The fourth-order valence-electron chi connectivity index (χ4n) is 3.21. The number of hydrogen-bond donors (Lipinski definition) is 0. The smallest absolute Gasteiger partial charge is 0.320 e. The molecule has 2 aliphatic rings. The summed E-state index contributed by atoms with van der Waals surface area (Å²) in [5.74, 6) is 1.39. The van der Waals surface area contributed by atoms with Crippen LogP contribution in [0.15, 0.2) is 22.0 Å². The molecule has 8 heteroatoms. The van der Waals surface area contributed by atoms with Gasteiger partial charge in [-0.25, -0.2) is 4.79 Å². The molecule has 4 heterocycles. The van der Waals surface area contributed by atoms with Crippen molar-refractivity contribution in [3.8, 4) is 10.7 Å². The van der Waals surface area contributed by atoms with Crippen LogP contribution in [0.3, 0.4) is 0 Å². The van der Waals surface area contributed by atoms with Crippen molar-refractivity contribution < 1.29 is 14.1 Å². The summed E-state index contributed by atoms with van der Waals surface area (Å²) in [6, 6.07) is 4.05. The molecule has 0 radical (unpaired) electrons. The number of aromatic nitrogens is 2. The van der Waals surface area contributed by atoms with Crippen LogP contribution in [0.2, 0.25) is 0 Å². The number of likely N-dealkylation sites (tertiary alicyclic amines) is 1. The van der Waals surface area contributed by atoms with Crippen LogP contribution in [0.25, 0.3) is 10.7 Å². The van der Waals surface area contributed by atoms with Crippen LogP contribution < -0.4 is 0 Å². The van der Waals surface area contributed by atoms with Gasteiger partial charge < -0.3 is 19.1 Å². The van der Waals surface area contributed by atoms with Crippen LogP contribution in [-0.2, 0) is 4.74 Å². The third kappa shape index (κ3) is 3.16. The lowest BCUT2D eigenvalue weighted by Crippen LogP contribution is -2.50. The van der Waals surface area contributed by atoms with Crippen molar-refractivity contribution in [2.24, 2.45) is 0 Å². The Labute approximate surface area is 144 Å². The molecular formula is C16H20N4O3S. The predicted octanol–water partition coefficient (Wildman–Crippen LogP) is 2.43. The van der Waals surface area contributed by atoms with Crippen LogP contribution in [-0.4, -0.2) is 65.4 Å². The fourth-order valence-corrected chi connectivity index (χ4v) is 3.86. The number of ether oxygens (including phenoxy) is 1. The average Bonchev–Trinajstić information content (AvgIpc) is 3.33. The van der Waals surface area contributed by atoms with Gasteiger partial charge in [0.15, 0.2) is 0 Å². The molecule has 0 saturated carbocycles. The molecule has 128 valence electrons. The SMILES string of the molecule is O=C(N1CCOCC1)N1CCC[C@H](c2nc(-c3cccs3)no2)C1. The lowest BCUT2D eigenvalue weighted by atomic mass is 9.98. The number of urea groups is 1. The number of nitrogens with zero attached hydrogens (tertiary/aromatic N) is 4. The monoisotopic (exact) mass is 348 g/mol. The molecule has 0 N–H and O–H groups in total. The molecule has 2 saturated heterocycles. The van der Waals surface area contributed by atoms with Gasteiger partial charge in [0.25, 0.3) is 0 Å². The molecule has 7 nitrogen and oxygen atoms in total. The highest BCUT2D eigenvalue weighted by Crippen LogP contribution is 2.29. The molecule has 0 aliphatic carbocycles. The molecule has 2 fully saturated rings. The zero-order chi connectivity index (χ0) is 16.4. The lowest BCUT2D eigenvalue weighted by molar-refractivity contribution is 0.0403. The molecular weight excluding hydrogens is 328 g/mol. The third-order valence-electron chi connectivity index (χ3n) is 4.51. The Hall–Kier alpha value is -1.93. The molecule has 2 amide bonds. The van der Waals surface area contributed by atoms with E-state index in [0.717, 1.165) is 24.3 Å². The summed E-state index contributed by atoms with van der Waals surface area (Å²) in [4.78, 5) is 22.0. The first-order valence-corrected chi connectivity index (χ1v) is 9.18. The van der Waals surface area contributed by atoms with E-state index in [-0.39, 0.29) is 11.9 Å². The Kier molecular flexibility index (Phi) is 4.48. The first-order chi connectivity index (χ1) is 11.8. The van der Waals surface area contributed by atoms with Crippen molar-refractivity contribution in [3.63, 3.8) is 0 Å². The van der Waals surface area contributed by atoms with Gasteiger partial charge in [-0.2, -0.15) is 4.98 Å². The van der Waals surface area contributed by atoms with E-state index >= 15 is 0 Å². The largest absolute Gasteiger partial charge is 0.378 e. The number of thiophene rings is 1. The Morgan fingerprint density at radius 1 is 1.25 bits per heavy atom. The number of amides is 2. The highest BCUT2D eigenvalue weighted by atomic mass is 32.1. The minimum atomic E-state index is 0.0981. The standard InChI is InChI=1S/C16H20N4O3S/c21-16(19-6-8-22-9-7-19)20-5-1-3-12(11-20)15-17-14(18-23-15)13-4-2-10-24-13/h2,4,10,12H,1,3,5-9,11H2/t12-/m0/s1. The third-order valence-corrected chi connectivity index (χ3v) is 5.37. The van der Waals surface area contributed by atoms with Crippen molar-refractivity contribution in [2.75, 3.05) is 39.4 Å². The van der Waals surface area contributed by atoms with E-state index in [1.54, 1.807) is 11.3 Å². The van der Waals surface area contributed by atoms with Gasteiger partial charge in [-0.3, -0.25) is 0 Å². The van der Waals surface area contributed by atoms with Crippen molar-refractivity contribution >= 4 is 17.4 Å². The number of piperidine rings is 1. The van der Waals surface area contributed by atoms with E-state index in [4.69, 9.17) is 9.26 Å². The summed E-state index contributed by atoms with van der Waals surface area (Å²) in [5.41, 5.74) is 0. The Balaban J connectivity index is 1.44. The highest BCUT2D eigenvalue weighted by Gasteiger charge is 2.31. The maximum absolute atomic E-state index is 12.7. The predicted molar refractivity (Wildman–Crippen MR) is 88.9 cm³/mol. The van der Waals surface area contributed by atoms with Gasteiger partial charge in [0.05, 0.1) is 24.0 Å². The minimum absolute atomic E-state index is 0.0981. The summed E-state index contributed by atoms with van der Waals surface area (Å²) in [6.07, 6.45) is 1.93. The van der Waals surface area contributed by atoms with Crippen LogP contribution >= 0.6 is 11.3 Å². The quantitative estimate of drug-likeness (QED) is 0.833. The molecule has 0 unspecified atom stereocenters.